The van der Waals surface area contributed by atoms with Crippen LogP contribution in [-0.4, -0.2) is 24.9 Å². The summed E-state index contributed by atoms with van der Waals surface area (Å²) in [6.45, 7) is 2.62. The first-order valence-electron chi connectivity index (χ1n) is 7.14. The number of ether oxygens (including phenoxy) is 2. The van der Waals surface area contributed by atoms with Crippen molar-refractivity contribution in [1.82, 2.24) is 0 Å². The maximum atomic E-state index is 10.1. The Balaban J connectivity index is 1.84. The summed E-state index contributed by atoms with van der Waals surface area (Å²) in [6, 6.07) is 7.50. The molecule has 0 heterocycles. The third kappa shape index (κ3) is 3.95. The van der Waals surface area contributed by atoms with Crippen LogP contribution in [0.3, 0.4) is 0 Å². The molecule has 19 heavy (non-hydrogen) atoms. The highest BCUT2D eigenvalue weighted by molar-refractivity contribution is 5.28. The molecule has 1 N–H and O–H groups in total. The molecule has 106 valence electrons. The van der Waals surface area contributed by atoms with Gasteiger partial charge in [0.1, 0.15) is 11.9 Å². The van der Waals surface area contributed by atoms with Crippen LogP contribution < -0.4 is 4.74 Å². The summed E-state index contributed by atoms with van der Waals surface area (Å²) < 4.78 is 11.0. The molecule has 3 nitrogen and oxygen atoms in total. The van der Waals surface area contributed by atoms with Crippen molar-refractivity contribution in [3.8, 4) is 5.75 Å². The van der Waals surface area contributed by atoms with Crippen molar-refractivity contribution >= 4 is 0 Å². The fourth-order valence-electron chi connectivity index (χ4n) is 2.67. The molecular formula is C16H24O3. The van der Waals surface area contributed by atoms with Gasteiger partial charge in [0.25, 0.3) is 0 Å². The van der Waals surface area contributed by atoms with Crippen LogP contribution in [0.25, 0.3) is 0 Å². The molecule has 3 atom stereocenters. The molecule has 3 unspecified atom stereocenters. The molecule has 1 aromatic carbocycles. The Kier molecular flexibility index (Phi) is 5.23. The van der Waals surface area contributed by atoms with Crippen molar-refractivity contribution in [3.63, 3.8) is 0 Å². The predicted molar refractivity (Wildman–Crippen MR) is 75.3 cm³/mol. The smallest absolute Gasteiger partial charge is 0.118 e. The van der Waals surface area contributed by atoms with E-state index in [4.69, 9.17) is 9.47 Å². The highest BCUT2D eigenvalue weighted by Gasteiger charge is 2.22. The summed E-state index contributed by atoms with van der Waals surface area (Å²) >= 11 is 0. The SMILES string of the molecule is COc1ccc(C(O)COC2CCCCC2C)cc1. The lowest BCUT2D eigenvalue weighted by Gasteiger charge is -2.29. The van der Waals surface area contributed by atoms with Gasteiger partial charge in [0, 0.05) is 0 Å². The summed E-state index contributed by atoms with van der Waals surface area (Å²) in [4.78, 5) is 0. The van der Waals surface area contributed by atoms with Crippen LogP contribution in [0.2, 0.25) is 0 Å². The van der Waals surface area contributed by atoms with E-state index in [2.05, 4.69) is 6.92 Å². The van der Waals surface area contributed by atoms with E-state index in [1.807, 2.05) is 24.3 Å². The Morgan fingerprint density at radius 3 is 2.53 bits per heavy atom. The topological polar surface area (TPSA) is 38.7 Å². The highest BCUT2D eigenvalue weighted by Crippen LogP contribution is 2.27. The number of rotatable bonds is 5. The molecule has 0 spiro atoms. The second-order valence-corrected chi connectivity index (χ2v) is 5.42. The van der Waals surface area contributed by atoms with Gasteiger partial charge in [0.05, 0.1) is 19.8 Å². The number of aliphatic hydroxyl groups excluding tert-OH is 1. The Hall–Kier alpha value is -1.06. The molecular weight excluding hydrogens is 240 g/mol. The molecule has 0 bridgehead atoms. The van der Waals surface area contributed by atoms with Crippen molar-refractivity contribution in [2.45, 2.75) is 44.8 Å². The minimum atomic E-state index is -0.556. The van der Waals surface area contributed by atoms with Gasteiger partial charge in [-0.3, -0.25) is 0 Å². The Bertz CT molecular complexity index is 374. The molecule has 0 radical (unpaired) electrons. The minimum absolute atomic E-state index is 0.307. The van der Waals surface area contributed by atoms with Crippen LogP contribution in [0, 0.1) is 5.92 Å². The van der Waals surface area contributed by atoms with Crippen LogP contribution in [0.4, 0.5) is 0 Å². The molecule has 0 amide bonds. The van der Waals surface area contributed by atoms with Crippen molar-refractivity contribution in [2.75, 3.05) is 13.7 Å². The number of hydrogen-bond donors (Lipinski definition) is 1. The quantitative estimate of drug-likeness (QED) is 0.886. The molecule has 1 fully saturated rings. The third-order valence-electron chi connectivity index (χ3n) is 4.00. The van der Waals surface area contributed by atoms with Gasteiger partial charge in [-0.2, -0.15) is 0 Å². The van der Waals surface area contributed by atoms with Crippen LogP contribution in [-0.2, 0) is 4.74 Å². The van der Waals surface area contributed by atoms with E-state index in [-0.39, 0.29) is 0 Å². The monoisotopic (exact) mass is 264 g/mol. The maximum Gasteiger partial charge on any atom is 0.118 e. The average Bonchev–Trinajstić information content (AvgIpc) is 2.46. The second-order valence-electron chi connectivity index (χ2n) is 5.42. The van der Waals surface area contributed by atoms with Gasteiger partial charge >= 0.3 is 0 Å². The molecule has 3 heteroatoms. The van der Waals surface area contributed by atoms with Crippen LogP contribution in [0.15, 0.2) is 24.3 Å². The molecule has 1 saturated carbocycles. The largest absolute Gasteiger partial charge is 0.497 e. The van der Waals surface area contributed by atoms with E-state index < -0.39 is 6.10 Å². The maximum absolute atomic E-state index is 10.1. The zero-order valence-corrected chi connectivity index (χ0v) is 11.8. The first kappa shape index (κ1) is 14.4. The first-order valence-corrected chi connectivity index (χ1v) is 7.14. The molecule has 0 aromatic heterocycles. The van der Waals surface area contributed by atoms with Gasteiger partial charge in [0.2, 0.25) is 0 Å². The van der Waals surface area contributed by atoms with E-state index in [1.165, 1.54) is 19.3 Å². The van der Waals surface area contributed by atoms with E-state index in [0.29, 0.717) is 18.6 Å². The van der Waals surface area contributed by atoms with Gasteiger partial charge in [-0.25, -0.2) is 0 Å². The van der Waals surface area contributed by atoms with Crippen molar-refractivity contribution in [1.29, 1.82) is 0 Å². The fourth-order valence-corrected chi connectivity index (χ4v) is 2.67. The Labute approximate surface area is 115 Å². The molecule has 1 aliphatic rings. The number of benzene rings is 1. The highest BCUT2D eigenvalue weighted by atomic mass is 16.5. The number of hydrogen-bond acceptors (Lipinski definition) is 3. The van der Waals surface area contributed by atoms with Gasteiger partial charge in [-0.1, -0.05) is 31.9 Å². The third-order valence-corrected chi connectivity index (χ3v) is 4.00. The van der Waals surface area contributed by atoms with Crippen LogP contribution >= 0.6 is 0 Å². The fraction of sp³-hybridized carbons (Fsp3) is 0.625. The summed E-state index contributed by atoms with van der Waals surface area (Å²) in [7, 11) is 1.64. The van der Waals surface area contributed by atoms with Gasteiger partial charge in [0.15, 0.2) is 0 Å². The van der Waals surface area contributed by atoms with Crippen molar-refractivity contribution < 1.29 is 14.6 Å². The molecule has 0 saturated heterocycles. The molecule has 2 rings (SSSR count). The van der Waals surface area contributed by atoms with E-state index >= 15 is 0 Å². The summed E-state index contributed by atoms with van der Waals surface area (Å²) in [5.74, 6) is 1.41. The van der Waals surface area contributed by atoms with E-state index in [1.54, 1.807) is 7.11 Å². The number of aliphatic hydroxyl groups is 1. The lowest BCUT2D eigenvalue weighted by atomic mass is 9.88. The van der Waals surface area contributed by atoms with E-state index in [0.717, 1.165) is 17.7 Å². The Morgan fingerprint density at radius 1 is 1.21 bits per heavy atom. The van der Waals surface area contributed by atoms with Gasteiger partial charge in [-0.15, -0.1) is 0 Å². The predicted octanol–water partition coefficient (Wildman–Crippen LogP) is 3.32. The van der Waals surface area contributed by atoms with Crippen molar-refractivity contribution in [2.24, 2.45) is 5.92 Å². The minimum Gasteiger partial charge on any atom is -0.497 e. The molecule has 1 aliphatic carbocycles. The molecule has 0 aliphatic heterocycles. The zero-order chi connectivity index (χ0) is 13.7. The Morgan fingerprint density at radius 2 is 1.89 bits per heavy atom. The standard InChI is InChI=1S/C16H24O3/c1-12-5-3-4-6-16(12)19-11-15(17)13-7-9-14(18-2)10-8-13/h7-10,12,15-17H,3-6,11H2,1-2H3. The van der Waals surface area contributed by atoms with Crippen molar-refractivity contribution in [3.05, 3.63) is 29.8 Å². The number of methoxy groups -OCH3 is 1. The zero-order valence-electron chi connectivity index (χ0n) is 11.8. The van der Waals surface area contributed by atoms with E-state index in [9.17, 15) is 5.11 Å². The molecule has 1 aromatic rings. The summed E-state index contributed by atoms with van der Waals surface area (Å²) in [6.07, 6.45) is 4.66. The van der Waals surface area contributed by atoms with Gasteiger partial charge in [-0.05, 0) is 36.5 Å². The van der Waals surface area contributed by atoms with Gasteiger partial charge < -0.3 is 14.6 Å². The average molecular weight is 264 g/mol. The second kappa shape index (κ2) is 6.92. The summed E-state index contributed by atoms with van der Waals surface area (Å²) in [5.41, 5.74) is 0.879. The first-order chi connectivity index (χ1) is 9.20. The van der Waals surface area contributed by atoms with Crippen LogP contribution in [0.5, 0.6) is 5.75 Å². The normalized spacial score (nSPS) is 25.0. The van der Waals surface area contributed by atoms with Crippen LogP contribution in [0.1, 0.15) is 44.3 Å². The summed E-state index contributed by atoms with van der Waals surface area (Å²) in [5, 5.41) is 10.1. The lowest BCUT2D eigenvalue weighted by molar-refractivity contribution is -0.0467. The lowest BCUT2D eigenvalue weighted by Crippen LogP contribution is -2.27.